The lowest BCUT2D eigenvalue weighted by atomic mass is 10.1. The van der Waals surface area contributed by atoms with Crippen LogP contribution in [0.3, 0.4) is 0 Å². The number of benzene rings is 1. The summed E-state index contributed by atoms with van der Waals surface area (Å²) in [6, 6.07) is 9.55. The van der Waals surface area contributed by atoms with Crippen LogP contribution in [0.4, 0.5) is 5.69 Å². The molecule has 22 heavy (non-hydrogen) atoms. The quantitative estimate of drug-likeness (QED) is 0.940. The molecule has 0 bridgehead atoms. The van der Waals surface area contributed by atoms with Gasteiger partial charge in [0.15, 0.2) is 5.75 Å². The van der Waals surface area contributed by atoms with E-state index in [9.17, 15) is 9.59 Å². The van der Waals surface area contributed by atoms with Crippen LogP contribution in [0.5, 0.6) is 11.6 Å². The van der Waals surface area contributed by atoms with Gasteiger partial charge in [0.05, 0.1) is 5.69 Å². The summed E-state index contributed by atoms with van der Waals surface area (Å²) in [7, 11) is 0. The van der Waals surface area contributed by atoms with Crippen molar-refractivity contribution in [1.29, 1.82) is 0 Å². The lowest BCUT2D eigenvalue weighted by Crippen LogP contribution is -2.47. The minimum absolute atomic E-state index is 0.224. The predicted molar refractivity (Wildman–Crippen MR) is 80.8 cm³/mol. The summed E-state index contributed by atoms with van der Waals surface area (Å²) in [5.74, 6) is -0.216. The molecule has 1 aromatic carbocycles. The summed E-state index contributed by atoms with van der Waals surface area (Å²) in [6.07, 6.45) is 1.96. The van der Waals surface area contributed by atoms with Gasteiger partial charge in [-0.15, -0.1) is 0 Å². The van der Waals surface area contributed by atoms with Crippen LogP contribution in [-0.2, 0) is 4.79 Å². The van der Waals surface area contributed by atoms with Crippen molar-refractivity contribution >= 4 is 17.5 Å². The predicted octanol–water partition coefficient (Wildman–Crippen LogP) is 2.10. The molecule has 2 amide bonds. The van der Waals surface area contributed by atoms with Crippen LogP contribution in [0.1, 0.15) is 23.7 Å². The fourth-order valence-electron chi connectivity index (χ4n) is 2.54. The van der Waals surface area contributed by atoms with Gasteiger partial charge < -0.3 is 10.5 Å². The summed E-state index contributed by atoms with van der Waals surface area (Å²) in [6.45, 7) is 1.81. The molecule has 3 rings (SSSR count). The number of pyridine rings is 1. The molecule has 0 saturated heterocycles. The first-order valence-electron chi connectivity index (χ1n) is 6.98. The Labute approximate surface area is 127 Å². The van der Waals surface area contributed by atoms with E-state index in [2.05, 4.69) is 4.98 Å². The molecule has 0 spiro atoms. The van der Waals surface area contributed by atoms with Crippen molar-refractivity contribution in [2.75, 3.05) is 4.90 Å². The highest BCUT2D eigenvalue weighted by Gasteiger charge is 2.35. The highest BCUT2D eigenvalue weighted by molar-refractivity contribution is 6.12. The topological polar surface area (TPSA) is 85.5 Å². The highest BCUT2D eigenvalue weighted by atomic mass is 16.5. The standard InChI is InChI=1S/C16H15N3O3/c1-2-11(14(17)20)19-12-7-3-4-8-13(12)22-15-10(16(19)21)6-5-9-18-15/h3-9,11H,2H2,1H3,(H2,17,20). The molecular formula is C16H15N3O3. The number of para-hydroxylation sites is 2. The highest BCUT2D eigenvalue weighted by Crippen LogP contribution is 2.38. The van der Waals surface area contributed by atoms with Gasteiger partial charge >= 0.3 is 0 Å². The summed E-state index contributed by atoms with van der Waals surface area (Å²) >= 11 is 0. The van der Waals surface area contributed by atoms with Crippen molar-refractivity contribution < 1.29 is 14.3 Å². The molecule has 112 valence electrons. The Morgan fingerprint density at radius 2 is 2.09 bits per heavy atom. The third-order valence-corrected chi connectivity index (χ3v) is 3.58. The number of nitrogens with two attached hydrogens (primary N) is 1. The second kappa shape index (κ2) is 5.48. The number of anilines is 1. The first-order chi connectivity index (χ1) is 10.6. The number of carbonyl (C=O) groups excluding carboxylic acids is 2. The minimum atomic E-state index is -0.747. The SMILES string of the molecule is CCC(C(N)=O)N1C(=O)c2cccnc2Oc2ccccc21. The zero-order chi connectivity index (χ0) is 15.7. The minimum Gasteiger partial charge on any atom is -0.436 e. The fourth-order valence-corrected chi connectivity index (χ4v) is 2.54. The number of carbonyl (C=O) groups is 2. The molecule has 2 heterocycles. The first-order valence-corrected chi connectivity index (χ1v) is 6.98. The molecule has 1 aliphatic rings. The lowest BCUT2D eigenvalue weighted by molar-refractivity contribution is -0.119. The van der Waals surface area contributed by atoms with Crippen molar-refractivity contribution in [3.8, 4) is 11.6 Å². The van der Waals surface area contributed by atoms with Crippen molar-refractivity contribution in [2.24, 2.45) is 5.73 Å². The average Bonchev–Trinajstić information content (AvgIpc) is 2.64. The van der Waals surface area contributed by atoms with Crippen molar-refractivity contribution in [3.63, 3.8) is 0 Å². The van der Waals surface area contributed by atoms with Gasteiger partial charge in [0.25, 0.3) is 5.91 Å². The molecule has 2 aromatic rings. The molecule has 0 aliphatic carbocycles. The summed E-state index contributed by atoms with van der Waals surface area (Å²) in [5, 5.41) is 0. The first kappa shape index (κ1) is 14.1. The van der Waals surface area contributed by atoms with E-state index in [0.29, 0.717) is 23.4 Å². The second-order valence-electron chi connectivity index (χ2n) is 4.93. The van der Waals surface area contributed by atoms with E-state index in [4.69, 9.17) is 10.5 Å². The largest absolute Gasteiger partial charge is 0.436 e. The van der Waals surface area contributed by atoms with E-state index >= 15 is 0 Å². The number of primary amides is 1. The second-order valence-corrected chi connectivity index (χ2v) is 4.93. The van der Waals surface area contributed by atoms with Gasteiger partial charge in [-0.05, 0) is 30.7 Å². The summed E-state index contributed by atoms with van der Waals surface area (Å²) in [5.41, 5.74) is 6.29. The third kappa shape index (κ3) is 2.18. The lowest BCUT2D eigenvalue weighted by Gasteiger charge is -2.28. The van der Waals surface area contributed by atoms with Crippen LogP contribution in [0, 0.1) is 0 Å². The number of amides is 2. The van der Waals surface area contributed by atoms with Crippen LogP contribution >= 0.6 is 0 Å². The zero-order valence-corrected chi connectivity index (χ0v) is 12.0. The van der Waals surface area contributed by atoms with Gasteiger partial charge in [-0.1, -0.05) is 19.1 Å². The molecule has 0 saturated carbocycles. The Bertz CT molecular complexity index is 745. The third-order valence-electron chi connectivity index (χ3n) is 3.58. The molecule has 6 nitrogen and oxygen atoms in total. The van der Waals surface area contributed by atoms with E-state index in [1.54, 1.807) is 49.5 Å². The molecule has 2 N–H and O–H groups in total. The molecule has 1 aliphatic heterocycles. The van der Waals surface area contributed by atoms with Gasteiger partial charge in [-0.25, -0.2) is 4.98 Å². The van der Waals surface area contributed by atoms with Crippen molar-refractivity contribution in [1.82, 2.24) is 4.98 Å². The van der Waals surface area contributed by atoms with E-state index in [1.165, 1.54) is 4.90 Å². The Morgan fingerprint density at radius 1 is 1.32 bits per heavy atom. The van der Waals surface area contributed by atoms with Gasteiger partial charge in [0.2, 0.25) is 11.8 Å². The fraction of sp³-hybridized carbons (Fsp3) is 0.188. The van der Waals surface area contributed by atoms with Gasteiger partial charge in [0, 0.05) is 6.20 Å². The number of nitrogens with zero attached hydrogens (tertiary/aromatic N) is 2. The number of rotatable bonds is 3. The molecule has 0 radical (unpaired) electrons. The van der Waals surface area contributed by atoms with Crippen LogP contribution in [-0.4, -0.2) is 22.8 Å². The normalized spacial score (nSPS) is 14.4. The maximum absolute atomic E-state index is 12.9. The monoisotopic (exact) mass is 297 g/mol. The molecule has 1 aromatic heterocycles. The maximum Gasteiger partial charge on any atom is 0.264 e. The van der Waals surface area contributed by atoms with Crippen LogP contribution in [0.15, 0.2) is 42.6 Å². The summed E-state index contributed by atoms with van der Waals surface area (Å²) < 4.78 is 5.75. The van der Waals surface area contributed by atoms with Crippen molar-refractivity contribution in [2.45, 2.75) is 19.4 Å². The Kier molecular flexibility index (Phi) is 3.50. The van der Waals surface area contributed by atoms with Gasteiger partial charge in [-0.2, -0.15) is 0 Å². The Balaban J connectivity index is 2.23. The maximum atomic E-state index is 12.9. The number of hydrogen-bond donors (Lipinski definition) is 1. The Morgan fingerprint density at radius 3 is 2.82 bits per heavy atom. The number of ether oxygens (including phenoxy) is 1. The van der Waals surface area contributed by atoms with E-state index in [-0.39, 0.29) is 11.8 Å². The van der Waals surface area contributed by atoms with Gasteiger partial charge in [0.1, 0.15) is 11.6 Å². The molecular weight excluding hydrogens is 282 g/mol. The zero-order valence-electron chi connectivity index (χ0n) is 12.0. The smallest absolute Gasteiger partial charge is 0.264 e. The number of aromatic nitrogens is 1. The van der Waals surface area contributed by atoms with Crippen LogP contribution in [0.25, 0.3) is 0 Å². The molecule has 1 unspecified atom stereocenters. The molecule has 1 atom stereocenters. The Hall–Kier alpha value is -2.89. The van der Waals surface area contributed by atoms with Crippen molar-refractivity contribution in [3.05, 3.63) is 48.2 Å². The number of hydrogen-bond acceptors (Lipinski definition) is 4. The van der Waals surface area contributed by atoms with E-state index in [1.807, 2.05) is 0 Å². The average molecular weight is 297 g/mol. The van der Waals surface area contributed by atoms with Crippen LogP contribution in [0.2, 0.25) is 0 Å². The van der Waals surface area contributed by atoms with Gasteiger partial charge in [-0.3, -0.25) is 14.5 Å². The molecule has 0 fully saturated rings. The summed E-state index contributed by atoms with van der Waals surface area (Å²) in [4.78, 5) is 30.2. The number of fused-ring (bicyclic) bond motifs is 2. The van der Waals surface area contributed by atoms with E-state index in [0.717, 1.165) is 0 Å². The molecule has 6 heteroatoms. The van der Waals surface area contributed by atoms with Crippen LogP contribution < -0.4 is 15.4 Å². The van der Waals surface area contributed by atoms with E-state index < -0.39 is 11.9 Å².